The summed E-state index contributed by atoms with van der Waals surface area (Å²) in [5.41, 5.74) is 7.56. The van der Waals surface area contributed by atoms with Crippen LogP contribution in [0.25, 0.3) is 5.69 Å². The van der Waals surface area contributed by atoms with Gasteiger partial charge in [-0.3, -0.25) is 4.57 Å². The third-order valence-electron chi connectivity index (χ3n) is 4.75. The maximum Gasteiger partial charge on any atom is 0.232 e. The summed E-state index contributed by atoms with van der Waals surface area (Å²) in [5, 5.41) is 12.6. The first-order valence-electron chi connectivity index (χ1n) is 9.82. The van der Waals surface area contributed by atoms with Gasteiger partial charge in [-0.25, -0.2) is 4.39 Å². The monoisotopic (exact) mass is 434 g/mol. The Morgan fingerprint density at radius 2 is 1.77 bits per heavy atom. The SMILES string of the molecule is Nc1nc(CSc2nnc(C3CC3)n2-c2ccccc2)nc(Nc2ccc(F)cc2)n1. The van der Waals surface area contributed by atoms with Gasteiger partial charge in [0.05, 0.1) is 5.75 Å². The smallest absolute Gasteiger partial charge is 0.232 e. The van der Waals surface area contributed by atoms with Crippen LogP contribution in [0.3, 0.4) is 0 Å². The van der Waals surface area contributed by atoms with Crippen molar-refractivity contribution in [2.45, 2.75) is 29.7 Å². The Morgan fingerprint density at radius 1 is 1.00 bits per heavy atom. The van der Waals surface area contributed by atoms with Gasteiger partial charge >= 0.3 is 0 Å². The van der Waals surface area contributed by atoms with E-state index in [1.54, 1.807) is 12.1 Å². The minimum absolute atomic E-state index is 0.110. The Bertz CT molecular complexity index is 1190. The fourth-order valence-corrected chi connectivity index (χ4v) is 3.96. The summed E-state index contributed by atoms with van der Waals surface area (Å²) in [5.74, 6) is 2.50. The number of halogens is 1. The number of anilines is 3. The lowest BCUT2D eigenvalue weighted by molar-refractivity contribution is 0.628. The van der Waals surface area contributed by atoms with E-state index in [1.807, 2.05) is 30.3 Å². The predicted molar refractivity (Wildman–Crippen MR) is 117 cm³/mol. The van der Waals surface area contributed by atoms with Gasteiger partial charge in [-0.2, -0.15) is 15.0 Å². The Kier molecular flexibility index (Phi) is 5.21. The van der Waals surface area contributed by atoms with E-state index in [0.717, 1.165) is 29.5 Å². The third kappa shape index (κ3) is 4.48. The number of nitrogens with two attached hydrogens (primary N) is 1. The van der Waals surface area contributed by atoms with E-state index in [1.165, 1.54) is 23.9 Å². The largest absolute Gasteiger partial charge is 0.368 e. The van der Waals surface area contributed by atoms with Gasteiger partial charge in [0.25, 0.3) is 0 Å². The van der Waals surface area contributed by atoms with Crippen LogP contribution < -0.4 is 11.1 Å². The van der Waals surface area contributed by atoms with E-state index in [9.17, 15) is 4.39 Å². The van der Waals surface area contributed by atoms with Gasteiger partial charge < -0.3 is 11.1 Å². The molecule has 4 aromatic rings. The fourth-order valence-electron chi connectivity index (χ4n) is 3.15. The molecule has 0 saturated heterocycles. The predicted octanol–water partition coefficient (Wildman–Crippen LogP) is 4.09. The summed E-state index contributed by atoms with van der Waals surface area (Å²) < 4.78 is 15.2. The van der Waals surface area contributed by atoms with Crippen LogP contribution in [0.5, 0.6) is 0 Å². The Labute approximate surface area is 182 Å². The fraction of sp³-hybridized carbons (Fsp3) is 0.190. The molecule has 0 radical (unpaired) electrons. The normalized spacial score (nSPS) is 13.3. The molecule has 2 aromatic carbocycles. The maximum atomic E-state index is 13.1. The average Bonchev–Trinajstić information content (AvgIpc) is 3.53. The van der Waals surface area contributed by atoms with Crippen LogP contribution in [0.1, 0.15) is 30.4 Å². The number of para-hydroxylation sites is 1. The lowest BCUT2D eigenvalue weighted by Crippen LogP contribution is -2.07. The molecule has 156 valence electrons. The van der Waals surface area contributed by atoms with Crippen molar-refractivity contribution in [1.29, 1.82) is 0 Å². The van der Waals surface area contributed by atoms with Crippen molar-refractivity contribution >= 4 is 29.3 Å². The van der Waals surface area contributed by atoms with Gasteiger partial charge in [-0.05, 0) is 49.2 Å². The minimum atomic E-state index is -0.314. The number of hydrogen-bond donors (Lipinski definition) is 2. The van der Waals surface area contributed by atoms with Gasteiger partial charge in [-0.15, -0.1) is 10.2 Å². The highest BCUT2D eigenvalue weighted by atomic mass is 32.2. The number of aromatic nitrogens is 6. The number of nitrogen functional groups attached to an aromatic ring is 1. The van der Waals surface area contributed by atoms with Gasteiger partial charge in [0.1, 0.15) is 17.5 Å². The minimum Gasteiger partial charge on any atom is -0.368 e. The lowest BCUT2D eigenvalue weighted by Gasteiger charge is -2.10. The molecule has 0 amide bonds. The second kappa shape index (κ2) is 8.31. The van der Waals surface area contributed by atoms with Gasteiger partial charge in [-0.1, -0.05) is 30.0 Å². The molecule has 0 spiro atoms. The van der Waals surface area contributed by atoms with Crippen LogP contribution in [0.4, 0.5) is 22.0 Å². The molecular formula is C21H19FN8S. The standard InChI is InChI=1S/C21H19FN8S/c22-14-8-10-15(11-9-14)24-20-26-17(25-19(23)27-20)12-31-21-29-28-18(13-6-7-13)30(21)16-4-2-1-3-5-16/h1-5,8-11,13H,6-7,12H2,(H3,23,24,25,26,27). The Balaban J connectivity index is 1.37. The number of nitrogens with one attached hydrogen (secondary N) is 1. The van der Waals surface area contributed by atoms with Crippen LogP contribution in [-0.2, 0) is 5.75 Å². The second-order valence-electron chi connectivity index (χ2n) is 7.14. The molecule has 0 unspecified atom stereocenters. The van der Waals surface area contributed by atoms with Crippen LogP contribution >= 0.6 is 11.8 Å². The molecule has 1 aliphatic rings. The van der Waals surface area contributed by atoms with Crippen LogP contribution in [-0.4, -0.2) is 29.7 Å². The van der Waals surface area contributed by atoms with Crippen molar-refractivity contribution < 1.29 is 4.39 Å². The van der Waals surface area contributed by atoms with E-state index in [-0.39, 0.29) is 11.8 Å². The van der Waals surface area contributed by atoms with Crippen LogP contribution in [0.15, 0.2) is 59.8 Å². The molecule has 1 fully saturated rings. The molecule has 8 nitrogen and oxygen atoms in total. The molecule has 0 atom stereocenters. The van der Waals surface area contributed by atoms with Crippen molar-refractivity contribution in [1.82, 2.24) is 29.7 Å². The van der Waals surface area contributed by atoms with Crippen molar-refractivity contribution in [3.63, 3.8) is 0 Å². The first-order valence-corrected chi connectivity index (χ1v) is 10.8. The zero-order valence-corrected chi connectivity index (χ0v) is 17.3. The summed E-state index contributed by atoms with van der Waals surface area (Å²) in [6, 6.07) is 16.0. The molecule has 10 heteroatoms. The number of nitrogens with zero attached hydrogens (tertiary/aromatic N) is 6. The molecule has 2 aromatic heterocycles. The molecule has 5 rings (SSSR count). The quantitative estimate of drug-likeness (QED) is 0.419. The van der Waals surface area contributed by atoms with Gasteiger partial charge in [0.15, 0.2) is 5.16 Å². The van der Waals surface area contributed by atoms with E-state index < -0.39 is 0 Å². The van der Waals surface area contributed by atoms with E-state index >= 15 is 0 Å². The van der Waals surface area contributed by atoms with Crippen molar-refractivity contribution in [2.75, 3.05) is 11.1 Å². The van der Waals surface area contributed by atoms with Gasteiger partial charge in [0.2, 0.25) is 11.9 Å². The number of thioether (sulfide) groups is 1. The number of benzene rings is 2. The zero-order chi connectivity index (χ0) is 21.2. The number of rotatable bonds is 7. The molecule has 2 heterocycles. The van der Waals surface area contributed by atoms with Crippen molar-refractivity contribution in [2.24, 2.45) is 0 Å². The third-order valence-corrected chi connectivity index (χ3v) is 5.67. The molecule has 0 aliphatic heterocycles. The lowest BCUT2D eigenvalue weighted by atomic mass is 10.3. The molecular weight excluding hydrogens is 415 g/mol. The topological polar surface area (TPSA) is 107 Å². The summed E-state index contributed by atoms with van der Waals surface area (Å²) in [6.45, 7) is 0. The zero-order valence-electron chi connectivity index (χ0n) is 16.4. The molecule has 1 aliphatic carbocycles. The number of hydrogen-bond acceptors (Lipinski definition) is 8. The first kappa shape index (κ1) is 19.4. The Morgan fingerprint density at radius 3 is 2.52 bits per heavy atom. The molecule has 31 heavy (non-hydrogen) atoms. The molecule has 1 saturated carbocycles. The molecule has 3 N–H and O–H groups in total. The van der Waals surface area contributed by atoms with Crippen LogP contribution in [0, 0.1) is 5.82 Å². The summed E-state index contributed by atoms with van der Waals surface area (Å²) >= 11 is 1.49. The van der Waals surface area contributed by atoms with Crippen molar-refractivity contribution in [3.8, 4) is 5.69 Å². The van der Waals surface area contributed by atoms with E-state index in [0.29, 0.717) is 29.1 Å². The Hall–Kier alpha value is -3.53. The average molecular weight is 435 g/mol. The summed E-state index contributed by atoms with van der Waals surface area (Å²) in [7, 11) is 0. The summed E-state index contributed by atoms with van der Waals surface area (Å²) in [4.78, 5) is 12.8. The molecule has 0 bridgehead atoms. The first-order chi connectivity index (χ1) is 15.2. The highest BCUT2D eigenvalue weighted by molar-refractivity contribution is 7.98. The van der Waals surface area contributed by atoms with Gasteiger partial charge in [0, 0.05) is 17.3 Å². The van der Waals surface area contributed by atoms with E-state index in [4.69, 9.17) is 5.73 Å². The van der Waals surface area contributed by atoms with Crippen molar-refractivity contribution in [3.05, 3.63) is 72.1 Å². The van der Waals surface area contributed by atoms with Crippen LogP contribution in [0.2, 0.25) is 0 Å². The second-order valence-corrected chi connectivity index (χ2v) is 8.08. The highest BCUT2D eigenvalue weighted by Crippen LogP contribution is 2.41. The highest BCUT2D eigenvalue weighted by Gasteiger charge is 2.31. The van der Waals surface area contributed by atoms with E-state index in [2.05, 4.69) is 35.0 Å². The maximum absolute atomic E-state index is 13.1. The summed E-state index contributed by atoms with van der Waals surface area (Å²) in [6.07, 6.45) is 2.27.